The fraction of sp³-hybridized carbons (Fsp3) is 0.500. The van der Waals surface area contributed by atoms with Crippen molar-refractivity contribution < 1.29 is 14.3 Å². The molecule has 35 heavy (non-hydrogen) atoms. The molecular formula is C28H31N3O3S. The van der Waals surface area contributed by atoms with Crippen LogP contribution < -0.4 is 5.32 Å². The number of carbonyl (C=O) groups is 2. The van der Waals surface area contributed by atoms with Crippen LogP contribution in [0.1, 0.15) is 85.6 Å². The van der Waals surface area contributed by atoms with Crippen molar-refractivity contribution in [3.63, 3.8) is 0 Å². The molecule has 1 saturated carbocycles. The highest BCUT2D eigenvalue weighted by Gasteiger charge is 2.73. The molecule has 3 aliphatic carbocycles. The van der Waals surface area contributed by atoms with Gasteiger partial charge in [0.1, 0.15) is 5.00 Å². The summed E-state index contributed by atoms with van der Waals surface area (Å²) in [6.45, 7) is 8.71. The second-order valence-corrected chi connectivity index (χ2v) is 12.0. The molecule has 2 bridgehead atoms. The predicted octanol–water partition coefficient (Wildman–Crippen LogP) is 5.71. The summed E-state index contributed by atoms with van der Waals surface area (Å²) in [5, 5.41) is 3.87. The summed E-state index contributed by atoms with van der Waals surface area (Å²) in [5.74, 6) is -0.425. The number of nitrogens with one attached hydrogen (secondary N) is 1. The molecule has 2 aromatic heterocycles. The number of hydrogen-bond donors (Lipinski definition) is 1. The largest absolute Gasteiger partial charge is 0.462 e. The van der Waals surface area contributed by atoms with Crippen molar-refractivity contribution in [1.82, 2.24) is 9.97 Å². The molecule has 2 unspecified atom stereocenters. The van der Waals surface area contributed by atoms with E-state index in [4.69, 9.17) is 14.7 Å². The summed E-state index contributed by atoms with van der Waals surface area (Å²) in [6, 6.07) is 7.88. The summed E-state index contributed by atoms with van der Waals surface area (Å²) in [6.07, 6.45) is 5.53. The van der Waals surface area contributed by atoms with Crippen molar-refractivity contribution >= 4 is 39.2 Å². The first kappa shape index (κ1) is 22.7. The summed E-state index contributed by atoms with van der Waals surface area (Å²) in [5.41, 5.74) is 3.57. The van der Waals surface area contributed by atoms with Gasteiger partial charge < -0.3 is 10.1 Å². The lowest BCUT2D eigenvalue weighted by molar-refractivity contribution is -0.125. The topological polar surface area (TPSA) is 81.2 Å². The third-order valence-corrected chi connectivity index (χ3v) is 10.4. The molecule has 1 fully saturated rings. The van der Waals surface area contributed by atoms with Gasteiger partial charge in [0.25, 0.3) is 0 Å². The number of aryl methyl sites for hydroxylation is 1. The van der Waals surface area contributed by atoms with Gasteiger partial charge in [0.05, 0.1) is 40.0 Å². The molecule has 0 aliphatic heterocycles. The first-order chi connectivity index (χ1) is 16.7. The minimum atomic E-state index is -0.815. The number of ether oxygens (including phenoxy) is 1. The molecule has 3 aliphatic rings. The SMILES string of the molecule is CCOC(=O)c1c(NC(=O)C23CCC(C)(c4nc5ccccc5nc42)C3(C)C)sc2c1CCCC2. The Morgan fingerprint density at radius 3 is 2.43 bits per heavy atom. The number of benzene rings is 1. The summed E-state index contributed by atoms with van der Waals surface area (Å²) < 4.78 is 5.42. The van der Waals surface area contributed by atoms with Crippen LogP contribution in [0.15, 0.2) is 24.3 Å². The lowest BCUT2D eigenvalue weighted by atomic mass is 9.63. The summed E-state index contributed by atoms with van der Waals surface area (Å²) >= 11 is 1.54. The average Bonchev–Trinajstić information content (AvgIpc) is 3.35. The number of aromatic nitrogens is 2. The number of hydrogen-bond acceptors (Lipinski definition) is 6. The Hall–Kier alpha value is -2.80. The molecule has 7 heteroatoms. The first-order valence-electron chi connectivity index (χ1n) is 12.7. The third kappa shape index (κ3) is 2.82. The molecule has 3 aromatic rings. The minimum absolute atomic E-state index is 0.0845. The summed E-state index contributed by atoms with van der Waals surface area (Å²) in [7, 11) is 0. The van der Waals surface area contributed by atoms with Gasteiger partial charge in [0.2, 0.25) is 5.91 Å². The number of para-hydroxylation sites is 2. The molecule has 2 heterocycles. The molecular weight excluding hydrogens is 458 g/mol. The van der Waals surface area contributed by atoms with E-state index in [1.165, 1.54) is 4.88 Å². The van der Waals surface area contributed by atoms with Crippen LogP contribution in [0, 0.1) is 5.41 Å². The highest BCUT2D eigenvalue weighted by atomic mass is 32.1. The Balaban J connectivity index is 1.48. The van der Waals surface area contributed by atoms with Crippen LogP contribution in [0.3, 0.4) is 0 Å². The van der Waals surface area contributed by atoms with Crippen LogP contribution in [-0.4, -0.2) is 28.5 Å². The standard InChI is InChI=1S/C28H31N3O3S/c1-5-34-24(32)20-16-10-6-9-13-19(16)35-23(20)31-25(33)28-15-14-27(4,26(28,2)3)21-22(28)30-18-12-8-7-11-17(18)29-21/h7-8,11-12H,5-6,9-10,13-15H2,1-4H3,(H,31,33). The van der Waals surface area contributed by atoms with Crippen molar-refractivity contribution in [2.45, 2.75) is 77.0 Å². The average molecular weight is 490 g/mol. The number of rotatable bonds is 4. The fourth-order valence-electron chi connectivity index (χ4n) is 6.83. The van der Waals surface area contributed by atoms with E-state index >= 15 is 0 Å². The molecule has 1 N–H and O–H groups in total. The molecule has 0 saturated heterocycles. The number of thiophene rings is 1. The monoisotopic (exact) mass is 489 g/mol. The summed E-state index contributed by atoms with van der Waals surface area (Å²) in [4.78, 5) is 38.7. The molecule has 2 atom stereocenters. The van der Waals surface area contributed by atoms with Gasteiger partial charge in [0.15, 0.2) is 0 Å². The maximum absolute atomic E-state index is 14.4. The number of fused-ring (bicyclic) bond motifs is 7. The lowest BCUT2D eigenvalue weighted by Crippen LogP contribution is -2.48. The van der Waals surface area contributed by atoms with E-state index < -0.39 is 5.41 Å². The van der Waals surface area contributed by atoms with E-state index in [1.54, 1.807) is 11.3 Å². The molecule has 6 rings (SSSR count). The van der Waals surface area contributed by atoms with Crippen molar-refractivity contribution in [2.24, 2.45) is 5.41 Å². The quantitative estimate of drug-likeness (QED) is 0.475. The van der Waals surface area contributed by atoms with Crippen LogP contribution in [0.5, 0.6) is 0 Å². The number of carbonyl (C=O) groups excluding carboxylic acids is 2. The molecule has 0 radical (unpaired) electrons. The first-order valence-corrected chi connectivity index (χ1v) is 13.5. The molecule has 6 nitrogen and oxygen atoms in total. The number of esters is 1. The Bertz CT molecular complexity index is 1390. The van der Waals surface area contributed by atoms with E-state index in [-0.39, 0.29) is 22.7 Å². The second-order valence-electron chi connectivity index (χ2n) is 10.9. The van der Waals surface area contributed by atoms with Crippen molar-refractivity contribution in [2.75, 3.05) is 11.9 Å². The minimum Gasteiger partial charge on any atom is -0.462 e. The van der Waals surface area contributed by atoms with Crippen LogP contribution in [-0.2, 0) is 33.2 Å². The van der Waals surface area contributed by atoms with E-state index in [2.05, 4.69) is 26.1 Å². The normalized spacial score (nSPS) is 25.8. The zero-order chi connectivity index (χ0) is 24.6. The van der Waals surface area contributed by atoms with Crippen LogP contribution in [0.4, 0.5) is 5.00 Å². The number of nitrogens with zero attached hydrogens (tertiary/aromatic N) is 2. The van der Waals surface area contributed by atoms with Gasteiger partial charge in [0, 0.05) is 10.3 Å². The van der Waals surface area contributed by atoms with E-state index in [0.29, 0.717) is 23.6 Å². The Morgan fingerprint density at radius 1 is 1.03 bits per heavy atom. The Kier molecular flexibility index (Phi) is 4.92. The van der Waals surface area contributed by atoms with Gasteiger partial charge >= 0.3 is 5.97 Å². The van der Waals surface area contributed by atoms with Crippen molar-refractivity contribution in [1.29, 1.82) is 0 Å². The van der Waals surface area contributed by atoms with Gasteiger partial charge in [-0.25, -0.2) is 14.8 Å². The molecule has 1 aromatic carbocycles. The fourth-order valence-corrected chi connectivity index (χ4v) is 8.10. The smallest absolute Gasteiger partial charge is 0.341 e. The van der Waals surface area contributed by atoms with Gasteiger partial charge in [-0.05, 0) is 68.6 Å². The van der Waals surface area contributed by atoms with Gasteiger partial charge in [-0.3, -0.25) is 4.79 Å². The van der Waals surface area contributed by atoms with Gasteiger partial charge in [-0.2, -0.15) is 0 Å². The molecule has 1 amide bonds. The number of anilines is 1. The maximum atomic E-state index is 14.4. The van der Waals surface area contributed by atoms with E-state index in [9.17, 15) is 9.59 Å². The predicted molar refractivity (Wildman–Crippen MR) is 137 cm³/mol. The second kappa shape index (κ2) is 7.60. The molecule has 182 valence electrons. The maximum Gasteiger partial charge on any atom is 0.341 e. The lowest BCUT2D eigenvalue weighted by Gasteiger charge is -2.39. The van der Waals surface area contributed by atoms with E-state index in [1.807, 2.05) is 31.2 Å². The zero-order valence-electron chi connectivity index (χ0n) is 20.8. The highest BCUT2D eigenvalue weighted by molar-refractivity contribution is 7.17. The Labute approximate surface area is 209 Å². The van der Waals surface area contributed by atoms with Gasteiger partial charge in [-0.15, -0.1) is 11.3 Å². The van der Waals surface area contributed by atoms with Gasteiger partial charge in [-0.1, -0.05) is 32.9 Å². The van der Waals surface area contributed by atoms with Crippen molar-refractivity contribution in [3.05, 3.63) is 51.7 Å². The van der Waals surface area contributed by atoms with Crippen LogP contribution in [0.25, 0.3) is 11.0 Å². The third-order valence-electron chi connectivity index (χ3n) is 9.21. The number of amides is 1. The highest BCUT2D eigenvalue weighted by Crippen LogP contribution is 2.70. The zero-order valence-corrected chi connectivity index (χ0v) is 21.6. The van der Waals surface area contributed by atoms with Crippen LogP contribution in [0.2, 0.25) is 0 Å². The Morgan fingerprint density at radius 2 is 1.71 bits per heavy atom. The van der Waals surface area contributed by atoms with Crippen LogP contribution >= 0.6 is 11.3 Å². The van der Waals surface area contributed by atoms with E-state index in [0.717, 1.165) is 60.1 Å². The molecule has 0 spiro atoms. The van der Waals surface area contributed by atoms with Crippen molar-refractivity contribution in [3.8, 4) is 0 Å².